The third kappa shape index (κ3) is 2.64. The van der Waals surface area contributed by atoms with E-state index in [0.717, 1.165) is 12.2 Å². The third-order valence-electron chi connectivity index (χ3n) is 4.12. The summed E-state index contributed by atoms with van der Waals surface area (Å²) in [4.78, 5) is 4.69. The minimum Gasteiger partial charge on any atom is -0.321 e. The Bertz CT molecular complexity index is 938. The number of hydrogen-bond acceptors (Lipinski definition) is 1. The van der Waals surface area contributed by atoms with Crippen molar-refractivity contribution in [2.45, 2.75) is 13.5 Å². The second-order valence-corrected chi connectivity index (χ2v) is 5.89. The summed E-state index contributed by atoms with van der Waals surface area (Å²) in [6, 6.07) is 25.5. The Morgan fingerprint density at radius 2 is 1.57 bits per heavy atom. The Labute approximate surface area is 136 Å². The van der Waals surface area contributed by atoms with Crippen molar-refractivity contribution in [2.75, 3.05) is 0 Å². The van der Waals surface area contributed by atoms with Gasteiger partial charge in [0.2, 0.25) is 0 Å². The molecule has 0 saturated carbocycles. The van der Waals surface area contributed by atoms with Gasteiger partial charge in [0.1, 0.15) is 5.65 Å². The number of nitrogens with zero attached hydrogens (tertiary/aromatic N) is 2. The number of aromatic nitrogens is 2. The molecule has 2 heterocycles. The van der Waals surface area contributed by atoms with E-state index in [-0.39, 0.29) is 0 Å². The molecule has 0 aliphatic heterocycles. The van der Waals surface area contributed by atoms with Crippen molar-refractivity contribution in [3.63, 3.8) is 0 Å². The van der Waals surface area contributed by atoms with Gasteiger partial charge in [0, 0.05) is 18.1 Å². The Balaban J connectivity index is 1.92. The van der Waals surface area contributed by atoms with Gasteiger partial charge in [-0.25, -0.2) is 4.98 Å². The van der Waals surface area contributed by atoms with Gasteiger partial charge in [-0.1, -0.05) is 60.7 Å². The Morgan fingerprint density at radius 3 is 2.30 bits per heavy atom. The lowest BCUT2D eigenvalue weighted by Gasteiger charge is -2.10. The van der Waals surface area contributed by atoms with Crippen LogP contribution in [0, 0.1) is 6.92 Å². The van der Waals surface area contributed by atoms with Crippen LogP contribution < -0.4 is 0 Å². The molecule has 0 unspecified atom stereocenters. The maximum atomic E-state index is 4.69. The smallest absolute Gasteiger partial charge is 0.140 e. The summed E-state index contributed by atoms with van der Waals surface area (Å²) in [5, 5.41) is 1.19. The molecule has 2 aromatic carbocycles. The molecule has 2 nitrogen and oxygen atoms in total. The van der Waals surface area contributed by atoms with E-state index in [9.17, 15) is 0 Å². The van der Waals surface area contributed by atoms with E-state index in [2.05, 4.69) is 89.3 Å². The monoisotopic (exact) mass is 298 g/mol. The number of benzene rings is 2. The molecule has 0 amide bonds. The summed E-state index contributed by atoms with van der Waals surface area (Å²) < 4.78 is 2.31. The highest BCUT2D eigenvalue weighted by atomic mass is 15.0. The van der Waals surface area contributed by atoms with Gasteiger partial charge >= 0.3 is 0 Å². The Kier molecular flexibility index (Phi) is 3.43. The SMILES string of the molecule is Cc1cnc2c(c1)cc(-c1ccccc1)n2Cc1ccccc1. The van der Waals surface area contributed by atoms with Crippen molar-refractivity contribution in [3.8, 4) is 11.3 Å². The second kappa shape index (κ2) is 5.73. The van der Waals surface area contributed by atoms with Crippen LogP contribution in [0.5, 0.6) is 0 Å². The number of aryl methyl sites for hydroxylation is 1. The standard InChI is InChI=1S/C21H18N2/c1-16-12-19-13-20(18-10-6-3-7-11-18)23(21(19)22-14-16)15-17-8-4-2-5-9-17/h2-14H,15H2,1H3. The number of rotatable bonds is 3. The highest BCUT2D eigenvalue weighted by Crippen LogP contribution is 2.28. The van der Waals surface area contributed by atoms with Crippen molar-refractivity contribution in [1.82, 2.24) is 9.55 Å². The fourth-order valence-electron chi connectivity index (χ4n) is 3.03. The number of pyridine rings is 1. The van der Waals surface area contributed by atoms with Crippen LogP contribution in [0.1, 0.15) is 11.1 Å². The predicted molar refractivity (Wildman–Crippen MR) is 95.5 cm³/mol. The predicted octanol–water partition coefficient (Wildman–Crippen LogP) is 5.06. The zero-order valence-electron chi connectivity index (χ0n) is 13.1. The van der Waals surface area contributed by atoms with Crippen molar-refractivity contribution in [1.29, 1.82) is 0 Å². The first-order valence-corrected chi connectivity index (χ1v) is 7.86. The fraction of sp³-hybridized carbons (Fsp3) is 0.0952. The summed E-state index contributed by atoms with van der Waals surface area (Å²) in [5.41, 5.74) is 5.94. The summed E-state index contributed by atoms with van der Waals surface area (Å²) in [5.74, 6) is 0. The van der Waals surface area contributed by atoms with Crippen molar-refractivity contribution in [3.05, 3.63) is 90.1 Å². The molecule has 0 aliphatic carbocycles. The molecule has 0 radical (unpaired) electrons. The van der Waals surface area contributed by atoms with Crippen LogP contribution in [-0.2, 0) is 6.54 Å². The van der Waals surface area contributed by atoms with Gasteiger partial charge in [0.15, 0.2) is 0 Å². The normalized spacial score (nSPS) is 11.0. The zero-order valence-corrected chi connectivity index (χ0v) is 13.1. The summed E-state index contributed by atoms with van der Waals surface area (Å²) in [7, 11) is 0. The average molecular weight is 298 g/mol. The van der Waals surface area contributed by atoms with Gasteiger partial charge in [-0.3, -0.25) is 0 Å². The van der Waals surface area contributed by atoms with Gasteiger partial charge in [-0.2, -0.15) is 0 Å². The molecule has 0 bridgehead atoms. The minimum absolute atomic E-state index is 0.824. The lowest BCUT2D eigenvalue weighted by atomic mass is 10.1. The van der Waals surface area contributed by atoms with Crippen molar-refractivity contribution in [2.24, 2.45) is 0 Å². The summed E-state index contributed by atoms with van der Waals surface area (Å²) in [6.07, 6.45) is 1.94. The molecule has 0 saturated heterocycles. The van der Waals surface area contributed by atoms with E-state index >= 15 is 0 Å². The van der Waals surface area contributed by atoms with Crippen LogP contribution in [0.3, 0.4) is 0 Å². The van der Waals surface area contributed by atoms with Gasteiger partial charge in [-0.15, -0.1) is 0 Å². The van der Waals surface area contributed by atoms with Crippen LogP contribution in [0.15, 0.2) is 79.0 Å². The van der Waals surface area contributed by atoms with Gasteiger partial charge in [-0.05, 0) is 35.7 Å². The first kappa shape index (κ1) is 13.8. The quantitative estimate of drug-likeness (QED) is 0.517. The van der Waals surface area contributed by atoms with E-state index < -0.39 is 0 Å². The molecule has 0 aliphatic rings. The third-order valence-corrected chi connectivity index (χ3v) is 4.12. The maximum Gasteiger partial charge on any atom is 0.140 e. The largest absolute Gasteiger partial charge is 0.321 e. The molecule has 0 N–H and O–H groups in total. The molecular weight excluding hydrogens is 280 g/mol. The first-order chi connectivity index (χ1) is 11.3. The van der Waals surface area contributed by atoms with Gasteiger partial charge in [0.25, 0.3) is 0 Å². The van der Waals surface area contributed by atoms with Gasteiger partial charge in [0.05, 0.1) is 5.69 Å². The number of hydrogen-bond donors (Lipinski definition) is 0. The van der Waals surface area contributed by atoms with Crippen LogP contribution in [-0.4, -0.2) is 9.55 Å². The van der Waals surface area contributed by atoms with Crippen LogP contribution in [0.4, 0.5) is 0 Å². The summed E-state index contributed by atoms with van der Waals surface area (Å²) in [6.45, 7) is 2.91. The van der Waals surface area contributed by atoms with E-state index in [0.29, 0.717) is 0 Å². The van der Waals surface area contributed by atoms with Crippen LogP contribution in [0.2, 0.25) is 0 Å². The van der Waals surface area contributed by atoms with E-state index in [1.807, 2.05) is 6.20 Å². The minimum atomic E-state index is 0.824. The van der Waals surface area contributed by atoms with Gasteiger partial charge < -0.3 is 4.57 Å². The highest BCUT2D eigenvalue weighted by molar-refractivity contribution is 5.84. The molecule has 4 rings (SSSR count). The van der Waals surface area contributed by atoms with Crippen LogP contribution >= 0.6 is 0 Å². The topological polar surface area (TPSA) is 17.8 Å². The maximum absolute atomic E-state index is 4.69. The molecule has 4 aromatic rings. The van der Waals surface area contributed by atoms with Crippen LogP contribution in [0.25, 0.3) is 22.3 Å². The molecule has 112 valence electrons. The highest BCUT2D eigenvalue weighted by Gasteiger charge is 2.12. The summed E-state index contributed by atoms with van der Waals surface area (Å²) >= 11 is 0. The van der Waals surface area contributed by atoms with E-state index in [1.165, 1.54) is 27.8 Å². The lowest BCUT2D eigenvalue weighted by Crippen LogP contribution is -2.02. The number of fused-ring (bicyclic) bond motifs is 1. The first-order valence-electron chi connectivity index (χ1n) is 7.86. The Hall–Kier alpha value is -2.87. The lowest BCUT2D eigenvalue weighted by molar-refractivity contribution is 0.833. The molecular formula is C21H18N2. The molecule has 0 fully saturated rings. The Morgan fingerprint density at radius 1 is 0.870 bits per heavy atom. The zero-order chi connectivity index (χ0) is 15.6. The second-order valence-electron chi connectivity index (χ2n) is 5.89. The molecule has 0 spiro atoms. The fourth-order valence-corrected chi connectivity index (χ4v) is 3.03. The molecule has 23 heavy (non-hydrogen) atoms. The average Bonchev–Trinajstić information content (AvgIpc) is 2.94. The van der Waals surface area contributed by atoms with E-state index in [4.69, 9.17) is 0 Å². The molecule has 0 atom stereocenters. The molecule has 2 aromatic heterocycles. The van der Waals surface area contributed by atoms with E-state index in [1.54, 1.807) is 0 Å². The molecule has 2 heteroatoms. The van der Waals surface area contributed by atoms with Crippen molar-refractivity contribution < 1.29 is 0 Å². The van der Waals surface area contributed by atoms with Crippen molar-refractivity contribution >= 4 is 11.0 Å².